The number of aliphatic hydroxyl groups is 1. The first kappa shape index (κ1) is 34.0. The van der Waals surface area contributed by atoms with E-state index in [9.17, 15) is 9.90 Å². The monoisotopic (exact) mass is 670 g/mol. The predicted molar refractivity (Wildman–Crippen MR) is 195 cm³/mol. The molecule has 8 nitrogen and oxygen atoms in total. The first-order valence-corrected chi connectivity index (χ1v) is 18.0. The van der Waals surface area contributed by atoms with Gasteiger partial charge in [-0.2, -0.15) is 0 Å². The normalized spacial score (nSPS) is 21.7. The summed E-state index contributed by atoms with van der Waals surface area (Å²) in [6.07, 6.45) is 7.22. The number of fused-ring (bicyclic) bond motifs is 1. The molecule has 4 aromatic carbocycles. The van der Waals surface area contributed by atoms with Crippen LogP contribution in [0.3, 0.4) is 0 Å². The van der Waals surface area contributed by atoms with E-state index in [4.69, 9.17) is 9.47 Å². The van der Waals surface area contributed by atoms with Crippen LogP contribution in [0.15, 0.2) is 103 Å². The van der Waals surface area contributed by atoms with Gasteiger partial charge in [-0.05, 0) is 78.0 Å². The van der Waals surface area contributed by atoms with Gasteiger partial charge in [-0.3, -0.25) is 9.78 Å². The highest BCUT2D eigenvalue weighted by Gasteiger charge is 2.39. The van der Waals surface area contributed by atoms with E-state index in [0.717, 1.165) is 58.5 Å². The largest absolute Gasteiger partial charge is 0.392 e. The van der Waals surface area contributed by atoms with E-state index in [2.05, 4.69) is 75.6 Å². The summed E-state index contributed by atoms with van der Waals surface area (Å²) in [4.78, 5) is 24.4. The van der Waals surface area contributed by atoms with Gasteiger partial charge in [0, 0.05) is 24.6 Å². The van der Waals surface area contributed by atoms with Gasteiger partial charge < -0.3 is 24.8 Å². The number of benzene rings is 4. The van der Waals surface area contributed by atoms with Crippen LogP contribution >= 0.6 is 0 Å². The molecule has 4 atom stereocenters. The third kappa shape index (κ3) is 8.11. The maximum Gasteiger partial charge on any atom is 0.271 e. The number of carbonyl (C=O) groups is 1. The predicted octanol–water partition coefficient (Wildman–Crippen LogP) is 7.78. The van der Waals surface area contributed by atoms with Gasteiger partial charge in [-0.15, -0.1) is 0 Å². The number of nitrogens with zero attached hydrogens (tertiary/aromatic N) is 3. The fourth-order valence-electron chi connectivity index (χ4n) is 7.14. The average Bonchev–Trinajstić information content (AvgIpc) is 3.15. The zero-order chi connectivity index (χ0) is 34.3. The van der Waals surface area contributed by atoms with Gasteiger partial charge in [-0.1, -0.05) is 99.0 Å². The zero-order valence-corrected chi connectivity index (χ0v) is 28.7. The standard InChI is InChI=1S/C42H46N4O4/c1-29-39(27-46-21-7-3-2-4-8-22-46)49-42(50-40(29)32-19-17-30(28-47)18-20-32)35-14-10-13-34(24-35)33-12-9-11-31(23-33)25-44-41(48)38-26-43-36-15-5-6-16-37(36)45-38/h5-6,9-20,23-24,26,29,39-40,42,47H,2-4,7-8,21-22,25,27-28H2,1H3,(H,44,48)/t29-,39+,40+,42+/m1/s1. The Balaban J connectivity index is 1.09. The van der Waals surface area contributed by atoms with Crippen LogP contribution in [0.4, 0.5) is 0 Å². The fraction of sp³-hybridized carbons (Fsp3) is 0.357. The molecule has 50 heavy (non-hydrogen) atoms. The summed E-state index contributed by atoms with van der Waals surface area (Å²) >= 11 is 0. The molecule has 1 amide bonds. The molecule has 2 aliphatic heterocycles. The van der Waals surface area contributed by atoms with Crippen LogP contribution in [0.25, 0.3) is 22.2 Å². The summed E-state index contributed by atoms with van der Waals surface area (Å²) in [5.41, 5.74) is 7.77. The van der Waals surface area contributed by atoms with Crippen LogP contribution in [0.1, 0.15) is 84.2 Å². The number of carbonyl (C=O) groups excluding carboxylic acids is 1. The first-order chi connectivity index (χ1) is 24.5. The van der Waals surface area contributed by atoms with Crippen molar-refractivity contribution in [2.24, 2.45) is 5.92 Å². The lowest BCUT2D eigenvalue weighted by atomic mass is 9.89. The van der Waals surface area contributed by atoms with E-state index in [1.54, 1.807) is 0 Å². The highest BCUT2D eigenvalue weighted by atomic mass is 16.7. The maximum absolute atomic E-state index is 12.9. The number of aromatic nitrogens is 2. The molecule has 2 aliphatic rings. The number of aliphatic hydroxyl groups excluding tert-OH is 1. The third-order valence-corrected chi connectivity index (χ3v) is 10.1. The molecule has 2 saturated heterocycles. The minimum absolute atomic E-state index is 0.00131. The summed E-state index contributed by atoms with van der Waals surface area (Å²) in [6, 6.07) is 32.2. The van der Waals surface area contributed by atoms with Crippen LogP contribution < -0.4 is 5.32 Å². The molecule has 0 unspecified atom stereocenters. The van der Waals surface area contributed by atoms with Gasteiger partial charge in [0.2, 0.25) is 0 Å². The van der Waals surface area contributed by atoms with Gasteiger partial charge in [-0.25, -0.2) is 4.98 Å². The molecule has 0 aliphatic carbocycles. The number of para-hydroxylation sites is 2. The Hall–Kier alpha value is -4.47. The van der Waals surface area contributed by atoms with Crippen molar-refractivity contribution in [2.45, 2.75) is 70.7 Å². The molecule has 8 heteroatoms. The van der Waals surface area contributed by atoms with E-state index >= 15 is 0 Å². The molecule has 2 N–H and O–H groups in total. The smallest absolute Gasteiger partial charge is 0.271 e. The SMILES string of the molecule is C[C@@H]1[C@H](CN2CCCCCCC2)O[C@H](c2cccc(-c3cccc(CNC(=O)c4cnc5ccccc5n4)c3)c2)O[C@@H]1c1ccc(CO)cc1. The van der Waals surface area contributed by atoms with E-state index < -0.39 is 6.29 Å². The molecule has 0 saturated carbocycles. The number of hydrogen-bond acceptors (Lipinski definition) is 7. The van der Waals surface area contributed by atoms with Gasteiger partial charge in [0.1, 0.15) is 5.69 Å². The van der Waals surface area contributed by atoms with Gasteiger partial charge in [0.25, 0.3) is 5.91 Å². The quantitative estimate of drug-likeness (QED) is 0.165. The van der Waals surface area contributed by atoms with Crippen molar-refractivity contribution in [1.82, 2.24) is 20.2 Å². The van der Waals surface area contributed by atoms with E-state index in [0.29, 0.717) is 17.8 Å². The Bertz CT molecular complexity index is 1890. The van der Waals surface area contributed by atoms with Crippen LogP contribution in [0.2, 0.25) is 0 Å². The molecular formula is C42H46N4O4. The van der Waals surface area contributed by atoms with E-state index in [-0.39, 0.29) is 30.6 Å². The Morgan fingerprint density at radius 3 is 2.30 bits per heavy atom. The summed E-state index contributed by atoms with van der Waals surface area (Å²) < 4.78 is 13.6. The summed E-state index contributed by atoms with van der Waals surface area (Å²) in [5, 5.41) is 12.6. The van der Waals surface area contributed by atoms with Gasteiger partial charge in [0.15, 0.2) is 6.29 Å². The second-order valence-electron chi connectivity index (χ2n) is 13.6. The lowest BCUT2D eigenvalue weighted by molar-refractivity contribution is -0.276. The highest BCUT2D eigenvalue weighted by molar-refractivity contribution is 5.93. The number of likely N-dealkylation sites (tertiary alicyclic amines) is 1. The van der Waals surface area contributed by atoms with Crippen LogP contribution in [0, 0.1) is 5.92 Å². The molecule has 258 valence electrons. The number of rotatable bonds is 9. The first-order valence-electron chi connectivity index (χ1n) is 18.0. The van der Waals surface area contributed by atoms with Crippen LogP contribution in [0.5, 0.6) is 0 Å². The van der Waals surface area contributed by atoms with Crippen LogP contribution in [-0.4, -0.2) is 51.6 Å². The second-order valence-corrected chi connectivity index (χ2v) is 13.6. The topological polar surface area (TPSA) is 96.8 Å². The lowest BCUT2D eigenvalue weighted by Gasteiger charge is -2.43. The Morgan fingerprint density at radius 2 is 1.52 bits per heavy atom. The molecule has 1 aromatic heterocycles. The third-order valence-electron chi connectivity index (χ3n) is 10.1. The van der Waals surface area contributed by atoms with Crippen LogP contribution in [-0.2, 0) is 22.6 Å². The molecular weight excluding hydrogens is 624 g/mol. The van der Waals surface area contributed by atoms with Crippen molar-refractivity contribution in [1.29, 1.82) is 0 Å². The van der Waals surface area contributed by atoms with Crippen molar-refractivity contribution in [3.63, 3.8) is 0 Å². The van der Waals surface area contributed by atoms with Crippen molar-refractivity contribution in [3.8, 4) is 11.1 Å². The number of nitrogens with one attached hydrogen (secondary N) is 1. The highest BCUT2D eigenvalue weighted by Crippen LogP contribution is 2.42. The van der Waals surface area contributed by atoms with Crippen molar-refractivity contribution in [3.05, 3.63) is 131 Å². The molecule has 2 fully saturated rings. The molecule has 0 bridgehead atoms. The van der Waals surface area contributed by atoms with Crippen molar-refractivity contribution in [2.75, 3.05) is 19.6 Å². The summed E-state index contributed by atoms with van der Waals surface area (Å²) in [7, 11) is 0. The second kappa shape index (κ2) is 16.0. The Morgan fingerprint density at radius 1 is 0.800 bits per heavy atom. The molecule has 3 heterocycles. The van der Waals surface area contributed by atoms with Gasteiger partial charge >= 0.3 is 0 Å². The Labute approximate surface area is 294 Å². The molecule has 0 spiro atoms. The van der Waals surface area contributed by atoms with Crippen molar-refractivity contribution >= 4 is 16.9 Å². The van der Waals surface area contributed by atoms with E-state index in [1.807, 2.05) is 48.5 Å². The number of amides is 1. The summed E-state index contributed by atoms with van der Waals surface area (Å²) in [6.45, 7) is 5.71. The summed E-state index contributed by atoms with van der Waals surface area (Å²) in [5.74, 6) is -0.116. The molecule has 7 rings (SSSR count). The zero-order valence-electron chi connectivity index (χ0n) is 28.7. The lowest BCUT2D eigenvalue weighted by Crippen LogP contribution is -2.45. The minimum Gasteiger partial charge on any atom is -0.392 e. The maximum atomic E-state index is 12.9. The van der Waals surface area contributed by atoms with Gasteiger partial charge in [0.05, 0.1) is 36.0 Å². The fourth-order valence-corrected chi connectivity index (χ4v) is 7.14. The average molecular weight is 671 g/mol. The minimum atomic E-state index is -0.529. The van der Waals surface area contributed by atoms with Crippen molar-refractivity contribution < 1.29 is 19.4 Å². The Kier molecular flexibility index (Phi) is 10.9. The molecule has 5 aromatic rings. The number of ether oxygens (including phenoxy) is 2. The number of hydrogen-bond donors (Lipinski definition) is 2. The molecule has 0 radical (unpaired) electrons. The van der Waals surface area contributed by atoms with E-state index in [1.165, 1.54) is 38.3 Å².